The first-order valence-electron chi connectivity index (χ1n) is 6.59. The van der Waals surface area contributed by atoms with Gasteiger partial charge in [-0.15, -0.1) is 10.2 Å². The lowest BCUT2D eigenvalue weighted by atomic mass is 10.1. The van der Waals surface area contributed by atoms with Crippen LogP contribution >= 0.6 is 11.3 Å². The van der Waals surface area contributed by atoms with Gasteiger partial charge in [0, 0.05) is 12.3 Å². The normalized spacial score (nSPS) is 14.2. The Morgan fingerprint density at radius 3 is 2.90 bits per heavy atom. The molecule has 0 spiro atoms. The fourth-order valence-electron chi connectivity index (χ4n) is 1.91. The highest BCUT2D eigenvalue weighted by Crippen LogP contribution is 2.42. The average Bonchev–Trinajstić information content (AvgIpc) is 3.19. The minimum atomic E-state index is -0.271. The van der Waals surface area contributed by atoms with Crippen LogP contribution in [0.4, 0.5) is 9.52 Å². The minimum Gasteiger partial charge on any atom is -0.301 e. The predicted molar refractivity (Wildman–Crippen MR) is 75.2 cm³/mol. The molecule has 1 aromatic heterocycles. The first-order valence-corrected chi connectivity index (χ1v) is 7.40. The van der Waals surface area contributed by atoms with E-state index in [1.54, 1.807) is 18.2 Å². The maximum absolute atomic E-state index is 13.4. The number of hydrogen-bond acceptors (Lipinski definition) is 4. The predicted octanol–water partition coefficient (Wildman–Crippen LogP) is 3.13. The lowest BCUT2D eigenvalue weighted by molar-refractivity contribution is -0.116. The van der Waals surface area contributed by atoms with Gasteiger partial charge in [0.15, 0.2) is 0 Å². The Kier molecular flexibility index (Phi) is 3.73. The van der Waals surface area contributed by atoms with Crippen molar-refractivity contribution >= 4 is 22.4 Å². The van der Waals surface area contributed by atoms with Gasteiger partial charge < -0.3 is 5.32 Å². The molecule has 0 atom stereocenters. The number of benzene rings is 1. The summed E-state index contributed by atoms with van der Waals surface area (Å²) in [5.74, 6) is 0.107. The van der Waals surface area contributed by atoms with E-state index in [0.717, 1.165) is 17.8 Å². The van der Waals surface area contributed by atoms with Gasteiger partial charge in [0.1, 0.15) is 10.8 Å². The molecular weight excluding hydrogens is 277 g/mol. The second-order valence-electron chi connectivity index (χ2n) is 4.86. The van der Waals surface area contributed by atoms with Crippen molar-refractivity contribution in [3.8, 4) is 0 Å². The van der Waals surface area contributed by atoms with Crippen LogP contribution in [-0.2, 0) is 11.2 Å². The first-order chi connectivity index (χ1) is 9.72. The molecule has 0 bridgehead atoms. The summed E-state index contributed by atoms with van der Waals surface area (Å²) in [7, 11) is 0. The summed E-state index contributed by atoms with van der Waals surface area (Å²) >= 11 is 1.43. The van der Waals surface area contributed by atoms with E-state index < -0.39 is 0 Å². The van der Waals surface area contributed by atoms with Crippen LogP contribution in [0.3, 0.4) is 0 Å². The van der Waals surface area contributed by atoms with E-state index in [1.165, 1.54) is 17.4 Å². The van der Waals surface area contributed by atoms with Gasteiger partial charge in [0.05, 0.1) is 0 Å². The summed E-state index contributed by atoms with van der Waals surface area (Å²) in [5.41, 5.74) is 0.554. The third-order valence-electron chi connectivity index (χ3n) is 3.19. The molecule has 104 valence electrons. The van der Waals surface area contributed by atoms with Crippen LogP contribution in [0.1, 0.15) is 35.8 Å². The number of anilines is 1. The highest BCUT2D eigenvalue weighted by Gasteiger charge is 2.27. The molecule has 1 amide bonds. The Morgan fingerprint density at radius 2 is 2.15 bits per heavy atom. The van der Waals surface area contributed by atoms with Crippen molar-refractivity contribution in [1.29, 1.82) is 0 Å². The molecule has 6 heteroatoms. The molecule has 1 saturated carbocycles. The summed E-state index contributed by atoms with van der Waals surface area (Å²) in [6.07, 6.45) is 2.94. The first kappa shape index (κ1) is 13.2. The number of hydrogen-bond donors (Lipinski definition) is 1. The highest BCUT2D eigenvalue weighted by atomic mass is 32.1. The maximum atomic E-state index is 13.4. The number of halogens is 1. The lowest BCUT2D eigenvalue weighted by Crippen LogP contribution is -2.12. The Balaban J connectivity index is 1.52. The van der Waals surface area contributed by atoms with Crippen LogP contribution in [0.15, 0.2) is 24.3 Å². The van der Waals surface area contributed by atoms with Gasteiger partial charge in [-0.25, -0.2) is 4.39 Å². The van der Waals surface area contributed by atoms with E-state index in [0.29, 0.717) is 23.0 Å². The van der Waals surface area contributed by atoms with Crippen LogP contribution in [0.2, 0.25) is 0 Å². The van der Waals surface area contributed by atoms with Gasteiger partial charge in [0.25, 0.3) is 0 Å². The van der Waals surface area contributed by atoms with Gasteiger partial charge in [-0.05, 0) is 30.9 Å². The Morgan fingerprint density at radius 1 is 1.35 bits per heavy atom. The number of aromatic nitrogens is 2. The van der Waals surface area contributed by atoms with Gasteiger partial charge >= 0.3 is 0 Å². The molecule has 4 nitrogen and oxygen atoms in total. The molecule has 1 fully saturated rings. The third-order valence-corrected chi connectivity index (χ3v) is 4.19. The second kappa shape index (κ2) is 5.66. The summed E-state index contributed by atoms with van der Waals surface area (Å²) in [6.45, 7) is 0. The van der Waals surface area contributed by atoms with Gasteiger partial charge in [0.2, 0.25) is 11.0 Å². The van der Waals surface area contributed by atoms with Crippen molar-refractivity contribution < 1.29 is 9.18 Å². The zero-order chi connectivity index (χ0) is 13.9. The van der Waals surface area contributed by atoms with E-state index >= 15 is 0 Å². The Hall–Kier alpha value is -1.82. The molecule has 0 saturated heterocycles. The average molecular weight is 291 g/mol. The van der Waals surface area contributed by atoms with Crippen LogP contribution in [0, 0.1) is 5.82 Å². The van der Waals surface area contributed by atoms with Crippen molar-refractivity contribution in [3.63, 3.8) is 0 Å². The summed E-state index contributed by atoms with van der Waals surface area (Å²) in [5, 5.41) is 12.3. The second-order valence-corrected chi connectivity index (χ2v) is 5.87. The van der Waals surface area contributed by atoms with Gasteiger partial charge in [-0.1, -0.05) is 29.5 Å². The van der Waals surface area contributed by atoms with Crippen LogP contribution in [0.25, 0.3) is 0 Å². The summed E-state index contributed by atoms with van der Waals surface area (Å²) < 4.78 is 13.4. The Labute approximate surface area is 120 Å². The molecule has 3 rings (SSSR count). The zero-order valence-electron chi connectivity index (χ0n) is 10.8. The maximum Gasteiger partial charge on any atom is 0.226 e. The number of nitrogens with zero attached hydrogens (tertiary/aromatic N) is 2. The smallest absolute Gasteiger partial charge is 0.226 e. The number of amides is 1. The van der Waals surface area contributed by atoms with Crippen molar-refractivity contribution in [2.24, 2.45) is 0 Å². The minimum absolute atomic E-state index is 0.160. The van der Waals surface area contributed by atoms with Crippen LogP contribution in [0.5, 0.6) is 0 Å². The van der Waals surface area contributed by atoms with Gasteiger partial charge in [-0.3, -0.25) is 4.79 Å². The summed E-state index contributed by atoms with van der Waals surface area (Å²) in [6, 6.07) is 6.50. The fourth-order valence-corrected chi connectivity index (χ4v) is 2.84. The van der Waals surface area contributed by atoms with Crippen molar-refractivity contribution in [2.75, 3.05) is 5.32 Å². The van der Waals surface area contributed by atoms with Crippen LogP contribution in [-0.4, -0.2) is 16.1 Å². The molecule has 2 aromatic rings. The van der Waals surface area contributed by atoms with Crippen molar-refractivity contribution in [3.05, 3.63) is 40.7 Å². The van der Waals surface area contributed by atoms with E-state index in [-0.39, 0.29) is 18.1 Å². The van der Waals surface area contributed by atoms with E-state index in [2.05, 4.69) is 15.5 Å². The zero-order valence-corrected chi connectivity index (χ0v) is 11.6. The third kappa shape index (κ3) is 3.19. The summed E-state index contributed by atoms with van der Waals surface area (Å²) in [4.78, 5) is 11.8. The van der Waals surface area contributed by atoms with Crippen molar-refractivity contribution in [2.45, 2.75) is 31.6 Å². The largest absolute Gasteiger partial charge is 0.301 e. The number of carbonyl (C=O) groups is 1. The fraction of sp³-hybridized carbons (Fsp3) is 0.357. The highest BCUT2D eigenvalue weighted by molar-refractivity contribution is 7.15. The molecule has 0 aliphatic heterocycles. The van der Waals surface area contributed by atoms with Crippen LogP contribution < -0.4 is 5.32 Å². The van der Waals surface area contributed by atoms with Crippen molar-refractivity contribution in [1.82, 2.24) is 10.2 Å². The number of nitrogens with one attached hydrogen (secondary N) is 1. The number of carbonyl (C=O) groups excluding carboxylic acids is 1. The molecule has 20 heavy (non-hydrogen) atoms. The topological polar surface area (TPSA) is 54.9 Å². The SMILES string of the molecule is O=C(CCc1ccccc1F)Nc1nnc(C2CC2)s1. The molecule has 0 radical (unpaired) electrons. The molecular formula is C14H14FN3OS. The quantitative estimate of drug-likeness (QED) is 0.920. The Bertz CT molecular complexity index is 624. The molecule has 1 aliphatic carbocycles. The molecule has 1 heterocycles. The van der Waals surface area contributed by atoms with Gasteiger partial charge in [-0.2, -0.15) is 0 Å². The molecule has 0 unspecified atom stereocenters. The standard InChI is InChI=1S/C14H14FN3OS/c15-11-4-2-1-3-9(11)7-8-12(19)16-14-18-17-13(20-14)10-5-6-10/h1-4,10H,5-8H2,(H,16,18,19). The number of rotatable bonds is 5. The van der Waals surface area contributed by atoms with E-state index in [9.17, 15) is 9.18 Å². The number of aryl methyl sites for hydroxylation is 1. The van der Waals surface area contributed by atoms with E-state index in [4.69, 9.17) is 0 Å². The van der Waals surface area contributed by atoms with E-state index in [1.807, 2.05) is 0 Å². The lowest BCUT2D eigenvalue weighted by Gasteiger charge is -2.02. The monoisotopic (exact) mass is 291 g/mol. The molecule has 1 aromatic carbocycles. The molecule has 1 aliphatic rings. The molecule has 1 N–H and O–H groups in total.